The fourth-order valence-electron chi connectivity index (χ4n) is 3.34. The number of imidazole rings is 1. The van der Waals surface area contributed by atoms with Crippen LogP contribution < -0.4 is 5.32 Å². The first-order valence-electron chi connectivity index (χ1n) is 10.2. The van der Waals surface area contributed by atoms with Crippen molar-refractivity contribution in [2.24, 2.45) is 7.05 Å². The number of aryl methyl sites for hydroxylation is 2. The van der Waals surface area contributed by atoms with Gasteiger partial charge in [-0.05, 0) is 48.9 Å². The number of carbonyl (C=O) groups is 2. The number of hydrogen-bond acceptors (Lipinski definition) is 5. The fraction of sp³-hybridized carbons (Fsp3) is 0.261. The van der Waals surface area contributed by atoms with Gasteiger partial charge in [0, 0.05) is 49.3 Å². The summed E-state index contributed by atoms with van der Waals surface area (Å²) in [7, 11) is -1.94. The van der Waals surface area contributed by atoms with E-state index in [0.717, 1.165) is 0 Å². The van der Waals surface area contributed by atoms with Gasteiger partial charge in [-0.3, -0.25) is 9.59 Å². The van der Waals surface area contributed by atoms with Crippen LogP contribution in [0.15, 0.2) is 59.8 Å². The molecule has 2 aromatic carbocycles. The number of benzene rings is 2. The zero-order valence-corrected chi connectivity index (χ0v) is 19.3. The molecule has 0 saturated carbocycles. The van der Waals surface area contributed by atoms with Gasteiger partial charge in [-0.2, -0.15) is 4.31 Å². The molecule has 1 amide bonds. The summed E-state index contributed by atoms with van der Waals surface area (Å²) in [4.78, 5) is 29.5. The van der Waals surface area contributed by atoms with E-state index in [1.807, 2.05) is 0 Å². The van der Waals surface area contributed by atoms with Crippen LogP contribution in [0.5, 0.6) is 0 Å². The maximum atomic E-state index is 12.9. The van der Waals surface area contributed by atoms with Crippen molar-refractivity contribution in [3.63, 3.8) is 0 Å². The summed E-state index contributed by atoms with van der Waals surface area (Å²) in [5.74, 6) is -0.327. The number of anilines is 1. The molecule has 0 atom stereocenters. The van der Waals surface area contributed by atoms with E-state index in [9.17, 15) is 18.0 Å². The predicted molar refractivity (Wildman–Crippen MR) is 122 cm³/mol. The Morgan fingerprint density at radius 3 is 2.28 bits per heavy atom. The predicted octanol–water partition coefficient (Wildman–Crippen LogP) is 3.24. The molecule has 0 aliphatic heterocycles. The Morgan fingerprint density at radius 1 is 1.06 bits per heavy atom. The molecule has 3 rings (SSSR count). The highest BCUT2D eigenvalue weighted by Crippen LogP contribution is 2.21. The van der Waals surface area contributed by atoms with Gasteiger partial charge in [-0.15, -0.1) is 0 Å². The minimum Gasteiger partial charge on any atom is -0.331 e. The average molecular weight is 455 g/mol. The summed E-state index contributed by atoms with van der Waals surface area (Å²) < 4.78 is 28.6. The van der Waals surface area contributed by atoms with E-state index in [1.165, 1.54) is 16.4 Å². The van der Waals surface area contributed by atoms with Crippen molar-refractivity contribution in [1.82, 2.24) is 13.9 Å². The highest BCUT2D eigenvalue weighted by Gasteiger charge is 2.23. The van der Waals surface area contributed by atoms with E-state index in [2.05, 4.69) is 10.3 Å². The van der Waals surface area contributed by atoms with E-state index < -0.39 is 15.9 Å². The number of carbonyl (C=O) groups excluding carboxylic acids is 2. The Balaban J connectivity index is 1.82. The van der Waals surface area contributed by atoms with Crippen LogP contribution in [0.2, 0.25) is 0 Å². The molecule has 168 valence electrons. The molecule has 0 radical (unpaired) electrons. The molecule has 0 unspecified atom stereocenters. The third-order valence-corrected chi connectivity index (χ3v) is 7.27. The lowest BCUT2D eigenvalue weighted by Crippen LogP contribution is -2.30. The summed E-state index contributed by atoms with van der Waals surface area (Å²) in [6.45, 7) is 5.97. The second-order valence-corrected chi connectivity index (χ2v) is 9.23. The normalized spacial score (nSPS) is 11.5. The van der Waals surface area contributed by atoms with Crippen LogP contribution in [-0.2, 0) is 17.1 Å². The second kappa shape index (κ2) is 9.46. The molecule has 0 bridgehead atoms. The maximum absolute atomic E-state index is 12.9. The summed E-state index contributed by atoms with van der Waals surface area (Å²) in [5, 5.41) is 2.77. The number of ketones is 1. The number of nitrogens with one attached hydrogen (secondary N) is 1. The van der Waals surface area contributed by atoms with E-state index in [1.54, 1.807) is 75.1 Å². The van der Waals surface area contributed by atoms with Gasteiger partial charge in [0.25, 0.3) is 5.91 Å². The molecule has 0 fully saturated rings. The Hall–Kier alpha value is -3.30. The molecular formula is C23H26N4O4S. The molecule has 0 aliphatic carbocycles. The van der Waals surface area contributed by atoms with Crippen molar-refractivity contribution in [3.05, 3.63) is 77.4 Å². The van der Waals surface area contributed by atoms with Gasteiger partial charge in [-0.1, -0.05) is 19.9 Å². The molecular weight excluding hydrogens is 428 g/mol. The van der Waals surface area contributed by atoms with Gasteiger partial charge in [-0.25, -0.2) is 13.4 Å². The highest BCUT2D eigenvalue weighted by atomic mass is 32.2. The van der Waals surface area contributed by atoms with Gasteiger partial charge in [0.1, 0.15) is 0 Å². The number of sulfonamides is 1. The van der Waals surface area contributed by atoms with Crippen LogP contribution in [-0.4, -0.2) is 47.1 Å². The van der Waals surface area contributed by atoms with Crippen LogP contribution in [0.3, 0.4) is 0 Å². The molecule has 9 heteroatoms. The largest absolute Gasteiger partial charge is 0.331 e. The number of amides is 1. The van der Waals surface area contributed by atoms with Crippen molar-refractivity contribution < 1.29 is 18.0 Å². The summed E-state index contributed by atoms with van der Waals surface area (Å²) in [6.07, 6.45) is 3.25. The highest BCUT2D eigenvalue weighted by molar-refractivity contribution is 7.89. The van der Waals surface area contributed by atoms with Gasteiger partial charge < -0.3 is 9.88 Å². The van der Waals surface area contributed by atoms with Crippen LogP contribution in [0.4, 0.5) is 5.69 Å². The average Bonchev–Trinajstić information content (AvgIpc) is 3.20. The molecule has 1 aromatic heterocycles. The minimum absolute atomic E-state index is 0.0768. The number of aromatic nitrogens is 2. The molecule has 1 N–H and O–H groups in total. The molecule has 0 aliphatic rings. The lowest BCUT2D eigenvalue weighted by molar-refractivity contribution is 0.101. The topological polar surface area (TPSA) is 101 Å². The third-order valence-electron chi connectivity index (χ3n) is 5.23. The Morgan fingerprint density at radius 2 is 1.72 bits per heavy atom. The Labute approximate surface area is 187 Å². The molecule has 8 nitrogen and oxygen atoms in total. The summed E-state index contributed by atoms with van der Waals surface area (Å²) in [6, 6.07) is 11.0. The van der Waals surface area contributed by atoms with Crippen LogP contribution in [0.1, 0.15) is 46.0 Å². The maximum Gasteiger partial charge on any atom is 0.255 e. The van der Waals surface area contributed by atoms with E-state index in [-0.39, 0.29) is 16.2 Å². The van der Waals surface area contributed by atoms with Crippen LogP contribution in [0.25, 0.3) is 0 Å². The second-order valence-electron chi connectivity index (χ2n) is 7.29. The fourth-order valence-corrected chi connectivity index (χ4v) is 4.82. The monoisotopic (exact) mass is 454 g/mol. The number of rotatable bonds is 8. The lowest BCUT2D eigenvalue weighted by Gasteiger charge is -2.19. The summed E-state index contributed by atoms with van der Waals surface area (Å²) in [5.41, 5.74) is 1.86. The van der Waals surface area contributed by atoms with Gasteiger partial charge >= 0.3 is 0 Å². The van der Waals surface area contributed by atoms with Crippen molar-refractivity contribution in [3.8, 4) is 0 Å². The Kier molecular flexibility index (Phi) is 6.90. The molecule has 3 aromatic rings. The lowest BCUT2D eigenvalue weighted by atomic mass is 10.1. The van der Waals surface area contributed by atoms with Crippen molar-refractivity contribution in [1.29, 1.82) is 0 Å². The van der Waals surface area contributed by atoms with Gasteiger partial charge in [0.2, 0.25) is 15.8 Å². The molecule has 0 saturated heterocycles. The van der Waals surface area contributed by atoms with Gasteiger partial charge in [0.15, 0.2) is 5.82 Å². The van der Waals surface area contributed by atoms with Gasteiger partial charge in [0.05, 0.1) is 4.90 Å². The first kappa shape index (κ1) is 23.4. The molecule has 32 heavy (non-hydrogen) atoms. The zero-order valence-electron chi connectivity index (χ0n) is 18.5. The zero-order chi connectivity index (χ0) is 23.5. The van der Waals surface area contributed by atoms with E-state index >= 15 is 0 Å². The Bertz CT molecular complexity index is 1240. The summed E-state index contributed by atoms with van der Waals surface area (Å²) >= 11 is 0. The first-order valence-corrected chi connectivity index (χ1v) is 11.7. The smallest absolute Gasteiger partial charge is 0.255 e. The van der Waals surface area contributed by atoms with E-state index in [0.29, 0.717) is 35.7 Å². The van der Waals surface area contributed by atoms with Crippen LogP contribution in [0, 0.1) is 6.92 Å². The van der Waals surface area contributed by atoms with Crippen molar-refractivity contribution in [2.75, 3.05) is 18.4 Å². The third kappa shape index (κ3) is 4.63. The number of nitrogens with zero attached hydrogens (tertiary/aromatic N) is 3. The van der Waals surface area contributed by atoms with Crippen molar-refractivity contribution in [2.45, 2.75) is 25.7 Å². The van der Waals surface area contributed by atoms with Crippen molar-refractivity contribution >= 4 is 27.4 Å². The standard InChI is InChI=1S/C23H26N4O4S/c1-5-27(6-2)32(30,31)19-12-7-16(3)20(15-19)23(29)25-18-10-8-17(9-11-18)21(28)22-24-13-14-26(22)4/h7-15H,5-6H2,1-4H3,(H,25,29). The molecule has 0 spiro atoms. The van der Waals surface area contributed by atoms with E-state index in [4.69, 9.17) is 0 Å². The number of hydrogen-bond donors (Lipinski definition) is 1. The van der Waals surface area contributed by atoms with Crippen LogP contribution >= 0.6 is 0 Å². The quantitative estimate of drug-likeness (QED) is 0.527. The minimum atomic E-state index is -3.68. The first-order chi connectivity index (χ1) is 15.2. The molecule has 1 heterocycles. The SMILES string of the molecule is CCN(CC)S(=O)(=O)c1ccc(C)c(C(=O)Nc2ccc(C(=O)c3nccn3C)cc2)c1.